The van der Waals surface area contributed by atoms with Crippen LogP contribution in [0.4, 0.5) is 4.79 Å². The van der Waals surface area contributed by atoms with E-state index in [4.69, 9.17) is 4.74 Å². The van der Waals surface area contributed by atoms with Gasteiger partial charge in [0, 0.05) is 15.9 Å². The molecule has 1 aromatic carbocycles. The number of thiophene rings is 1. The van der Waals surface area contributed by atoms with Crippen molar-refractivity contribution in [1.82, 2.24) is 4.90 Å². The van der Waals surface area contributed by atoms with Crippen LogP contribution in [-0.2, 0) is 11.2 Å². The molecule has 0 radical (unpaired) electrons. The largest absolute Gasteiger partial charge is 0.444 e. The Balaban J connectivity index is 2.11. The summed E-state index contributed by atoms with van der Waals surface area (Å²) in [4.78, 5) is 27.7. The van der Waals surface area contributed by atoms with Crippen molar-refractivity contribution in [2.24, 2.45) is 0 Å². The third-order valence-electron chi connectivity index (χ3n) is 4.35. The molecule has 26 heavy (non-hydrogen) atoms. The van der Waals surface area contributed by atoms with Gasteiger partial charge in [-0.2, -0.15) is 0 Å². The molecule has 0 saturated carbocycles. The maximum atomic E-state index is 12.9. The summed E-state index contributed by atoms with van der Waals surface area (Å²) in [6.45, 7) is 8.19. The topological polar surface area (TPSA) is 46.6 Å². The number of carbonyl (C=O) groups is 2. The SMILES string of the molecule is Cc1sc(C=O)cc1C1c2cc(Br)ccc2CCN1C(=O)OC(C)(C)C. The molecule has 1 aliphatic heterocycles. The summed E-state index contributed by atoms with van der Waals surface area (Å²) >= 11 is 5.00. The Kier molecular flexibility index (Phi) is 5.26. The van der Waals surface area contributed by atoms with Crippen LogP contribution in [0, 0.1) is 6.92 Å². The lowest BCUT2D eigenvalue weighted by molar-refractivity contribution is 0.0178. The third-order valence-corrected chi connectivity index (χ3v) is 5.84. The summed E-state index contributed by atoms with van der Waals surface area (Å²) in [6.07, 6.45) is 1.32. The minimum atomic E-state index is -0.559. The summed E-state index contributed by atoms with van der Waals surface area (Å²) in [5, 5.41) is 0. The highest BCUT2D eigenvalue weighted by molar-refractivity contribution is 9.10. The molecule has 0 spiro atoms. The first-order valence-corrected chi connectivity index (χ1v) is 10.1. The highest BCUT2D eigenvalue weighted by Gasteiger charge is 2.36. The standard InChI is InChI=1S/C20H22BrNO3S/c1-12-16(10-15(11-23)26-12)18-17-9-14(21)6-5-13(17)7-8-22(18)19(24)25-20(2,3)4/h5-6,9-11,18H,7-8H2,1-4H3. The zero-order valence-electron chi connectivity index (χ0n) is 15.3. The number of ether oxygens (including phenoxy) is 1. The van der Waals surface area contributed by atoms with E-state index in [0.717, 1.165) is 33.2 Å². The Bertz CT molecular complexity index is 853. The van der Waals surface area contributed by atoms with E-state index in [-0.39, 0.29) is 12.1 Å². The van der Waals surface area contributed by atoms with Crippen LogP contribution in [0.5, 0.6) is 0 Å². The average molecular weight is 436 g/mol. The maximum absolute atomic E-state index is 12.9. The number of aldehydes is 1. The van der Waals surface area contributed by atoms with Crippen LogP contribution in [0.2, 0.25) is 0 Å². The van der Waals surface area contributed by atoms with Crippen molar-refractivity contribution >= 4 is 39.6 Å². The molecule has 1 unspecified atom stereocenters. The van der Waals surface area contributed by atoms with Crippen molar-refractivity contribution in [3.63, 3.8) is 0 Å². The summed E-state index contributed by atoms with van der Waals surface area (Å²) in [5.74, 6) is 0. The van der Waals surface area contributed by atoms with Crippen molar-refractivity contribution in [1.29, 1.82) is 0 Å². The molecule has 6 heteroatoms. The molecule has 0 saturated heterocycles. The Labute approximate surface area is 166 Å². The molecule has 3 rings (SSSR count). The highest BCUT2D eigenvalue weighted by Crippen LogP contribution is 2.40. The Morgan fingerprint density at radius 1 is 1.31 bits per heavy atom. The molecule has 138 valence electrons. The third kappa shape index (κ3) is 3.86. The van der Waals surface area contributed by atoms with E-state index in [2.05, 4.69) is 28.1 Å². The van der Waals surface area contributed by atoms with E-state index >= 15 is 0 Å². The number of halogens is 1. The van der Waals surface area contributed by atoms with Gasteiger partial charge in [0.25, 0.3) is 0 Å². The van der Waals surface area contributed by atoms with E-state index in [1.165, 1.54) is 16.9 Å². The second-order valence-electron chi connectivity index (χ2n) is 7.45. The van der Waals surface area contributed by atoms with E-state index < -0.39 is 5.60 Å². The monoisotopic (exact) mass is 435 g/mol. The number of hydrogen-bond acceptors (Lipinski definition) is 4. The molecule has 1 amide bonds. The van der Waals surface area contributed by atoms with Gasteiger partial charge in [-0.3, -0.25) is 9.69 Å². The summed E-state index contributed by atoms with van der Waals surface area (Å²) in [6, 6.07) is 7.83. The number of fused-ring (bicyclic) bond motifs is 1. The van der Waals surface area contributed by atoms with Gasteiger partial charge in [-0.05, 0) is 69.0 Å². The first-order valence-electron chi connectivity index (χ1n) is 8.53. The molecule has 4 nitrogen and oxygen atoms in total. The summed E-state index contributed by atoms with van der Waals surface area (Å²) in [5.41, 5.74) is 2.73. The lowest BCUT2D eigenvalue weighted by Crippen LogP contribution is -2.43. The fraction of sp³-hybridized carbons (Fsp3) is 0.400. The van der Waals surface area contributed by atoms with Crippen molar-refractivity contribution in [3.05, 3.63) is 55.2 Å². The number of carbonyl (C=O) groups excluding carboxylic acids is 2. The number of benzene rings is 1. The van der Waals surface area contributed by atoms with Gasteiger partial charge in [-0.15, -0.1) is 11.3 Å². The zero-order valence-corrected chi connectivity index (χ0v) is 17.7. The van der Waals surface area contributed by atoms with Gasteiger partial charge in [0.2, 0.25) is 0 Å². The van der Waals surface area contributed by atoms with Crippen LogP contribution in [0.15, 0.2) is 28.7 Å². The highest BCUT2D eigenvalue weighted by atomic mass is 79.9. The van der Waals surface area contributed by atoms with Crippen molar-refractivity contribution in [2.75, 3.05) is 6.54 Å². The van der Waals surface area contributed by atoms with Crippen LogP contribution in [0.1, 0.15) is 58.1 Å². The number of hydrogen-bond donors (Lipinski definition) is 0. The second kappa shape index (κ2) is 7.16. The molecule has 0 fully saturated rings. The Morgan fingerprint density at radius 3 is 2.65 bits per heavy atom. The fourth-order valence-corrected chi connectivity index (χ4v) is 4.54. The minimum Gasteiger partial charge on any atom is -0.444 e. The molecule has 2 heterocycles. The summed E-state index contributed by atoms with van der Waals surface area (Å²) < 4.78 is 6.62. The van der Waals surface area contributed by atoms with Gasteiger partial charge in [0.15, 0.2) is 6.29 Å². The maximum Gasteiger partial charge on any atom is 0.411 e. The van der Waals surface area contributed by atoms with Crippen LogP contribution in [-0.4, -0.2) is 29.4 Å². The lowest BCUT2D eigenvalue weighted by atomic mass is 9.88. The number of aryl methyl sites for hydroxylation is 1. The molecule has 0 aliphatic carbocycles. The molecule has 1 aromatic heterocycles. The van der Waals surface area contributed by atoms with Gasteiger partial charge in [0.05, 0.1) is 10.9 Å². The van der Waals surface area contributed by atoms with E-state index in [0.29, 0.717) is 11.4 Å². The molecular formula is C20H22BrNO3S. The van der Waals surface area contributed by atoms with Crippen molar-refractivity contribution in [2.45, 2.75) is 45.8 Å². The van der Waals surface area contributed by atoms with Gasteiger partial charge >= 0.3 is 6.09 Å². The van der Waals surface area contributed by atoms with Crippen LogP contribution in [0.25, 0.3) is 0 Å². The Morgan fingerprint density at radius 2 is 2.04 bits per heavy atom. The fourth-order valence-electron chi connectivity index (χ4n) is 3.29. The quantitative estimate of drug-likeness (QED) is 0.583. The predicted molar refractivity (Wildman–Crippen MR) is 107 cm³/mol. The molecule has 2 aromatic rings. The zero-order chi connectivity index (χ0) is 19.1. The Hall–Kier alpha value is -1.66. The van der Waals surface area contributed by atoms with E-state index in [9.17, 15) is 9.59 Å². The molecule has 1 atom stereocenters. The van der Waals surface area contributed by atoms with E-state index in [1.807, 2.05) is 39.8 Å². The van der Waals surface area contributed by atoms with Crippen LogP contribution in [0.3, 0.4) is 0 Å². The van der Waals surface area contributed by atoms with Crippen molar-refractivity contribution < 1.29 is 14.3 Å². The smallest absolute Gasteiger partial charge is 0.411 e. The lowest BCUT2D eigenvalue weighted by Gasteiger charge is -2.38. The first-order chi connectivity index (χ1) is 12.2. The molecule has 0 N–H and O–H groups in total. The van der Waals surface area contributed by atoms with Gasteiger partial charge < -0.3 is 4.74 Å². The van der Waals surface area contributed by atoms with Crippen molar-refractivity contribution in [3.8, 4) is 0 Å². The van der Waals surface area contributed by atoms with Crippen LogP contribution < -0.4 is 0 Å². The average Bonchev–Trinajstić information content (AvgIpc) is 2.92. The number of amides is 1. The number of nitrogens with zero attached hydrogens (tertiary/aromatic N) is 1. The normalized spacial score (nSPS) is 17.0. The van der Waals surface area contributed by atoms with E-state index in [1.54, 1.807) is 4.90 Å². The van der Waals surface area contributed by atoms with Gasteiger partial charge in [-0.25, -0.2) is 4.79 Å². The predicted octanol–water partition coefficient (Wildman–Crippen LogP) is 5.51. The second-order valence-corrected chi connectivity index (χ2v) is 9.65. The first kappa shape index (κ1) is 19.1. The number of rotatable bonds is 2. The molecular weight excluding hydrogens is 414 g/mol. The summed E-state index contributed by atoms with van der Waals surface area (Å²) in [7, 11) is 0. The molecule has 0 bridgehead atoms. The van der Waals surface area contributed by atoms with Crippen LogP contribution >= 0.6 is 27.3 Å². The molecule has 1 aliphatic rings. The van der Waals surface area contributed by atoms with Gasteiger partial charge in [-0.1, -0.05) is 22.0 Å². The minimum absolute atomic E-state index is 0.254. The van der Waals surface area contributed by atoms with Gasteiger partial charge in [0.1, 0.15) is 5.60 Å².